The fourth-order valence-electron chi connectivity index (χ4n) is 4.45. The van der Waals surface area contributed by atoms with Crippen molar-refractivity contribution in [1.82, 2.24) is 0 Å². The molecule has 0 aromatic heterocycles. The lowest BCUT2D eigenvalue weighted by atomic mass is 9.84. The van der Waals surface area contributed by atoms with E-state index in [9.17, 15) is 14.7 Å². The lowest BCUT2D eigenvalue weighted by molar-refractivity contribution is -0.132. The first-order valence-electron chi connectivity index (χ1n) is 11.8. The van der Waals surface area contributed by atoms with Gasteiger partial charge in [0.25, 0.3) is 11.7 Å². The van der Waals surface area contributed by atoms with Crippen LogP contribution in [0.4, 0.5) is 5.69 Å². The lowest BCUT2D eigenvalue weighted by Crippen LogP contribution is -2.29. The van der Waals surface area contributed by atoms with Crippen LogP contribution in [0.25, 0.3) is 5.76 Å². The number of rotatable bonds is 4. The van der Waals surface area contributed by atoms with Gasteiger partial charge >= 0.3 is 0 Å². The number of carbonyl (C=O) groups is 2. The van der Waals surface area contributed by atoms with E-state index in [1.54, 1.807) is 43.5 Å². The summed E-state index contributed by atoms with van der Waals surface area (Å²) in [6, 6.07) is 17.4. The number of amides is 1. The van der Waals surface area contributed by atoms with E-state index in [0.717, 1.165) is 16.7 Å². The summed E-state index contributed by atoms with van der Waals surface area (Å²) in [7, 11) is 1.55. The molecule has 6 heteroatoms. The molecular weight excluding hydrogens is 474 g/mol. The number of hydrogen-bond acceptors (Lipinski definition) is 4. The average molecular weight is 504 g/mol. The highest BCUT2D eigenvalue weighted by atomic mass is 35.5. The van der Waals surface area contributed by atoms with Gasteiger partial charge in [0, 0.05) is 16.3 Å². The predicted octanol–water partition coefficient (Wildman–Crippen LogP) is 6.89. The van der Waals surface area contributed by atoms with E-state index in [0.29, 0.717) is 27.6 Å². The number of hydrogen-bond donors (Lipinski definition) is 1. The van der Waals surface area contributed by atoms with Crippen molar-refractivity contribution in [2.45, 2.75) is 46.1 Å². The number of aliphatic hydroxyl groups is 1. The van der Waals surface area contributed by atoms with Crippen molar-refractivity contribution in [3.63, 3.8) is 0 Å². The monoisotopic (exact) mass is 503 g/mol. The van der Waals surface area contributed by atoms with E-state index in [1.165, 1.54) is 4.90 Å². The topological polar surface area (TPSA) is 66.8 Å². The van der Waals surface area contributed by atoms with Crippen molar-refractivity contribution in [2.75, 3.05) is 12.0 Å². The van der Waals surface area contributed by atoms with E-state index < -0.39 is 17.7 Å². The maximum absolute atomic E-state index is 13.5. The van der Waals surface area contributed by atoms with Gasteiger partial charge in [0.2, 0.25) is 0 Å². The summed E-state index contributed by atoms with van der Waals surface area (Å²) in [5.41, 5.74) is 4.15. The molecule has 1 amide bonds. The Bertz CT molecular complexity index is 1400. The number of aryl methyl sites for hydroxylation is 2. The molecule has 0 saturated carbocycles. The van der Waals surface area contributed by atoms with Crippen molar-refractivity contribution in [3.05, 3.63) is 99.1 Å². The van der Waals surface area contributed by atoms with Crippen LogP contribution in [0.3, 0.4) is 0 Å². The molecule has 1 aliphatic heterocycles. The van der Waals surface area contributed by atoms with Crippen molar-refractivity contribution in [2.24, 2.45) is 0 Å². The van der Waals surface area contributed by atoms with Gasteiger partial charge in [0.05, 0.1) is 18.7 Å². The Balaban J connectivity index is 2.00. The van der Waals surface area contributed by atoms with Gasteiger partial charge in [-0.15, -0.1) is 0 Å². The third kappa shape index (κ3) is 4.51. The lowest BCUT2D eigenvalue weighted by Gasteiger charge is -2.26. The number of aliphatic hydroxyl groups excluding tert-OH is 1. The molecule has 1 aliphatic rings. The number of benzene rings is 3. The second-order valence-electron chi connectivity index (χ2n) is 10.2. The molecule has 1 unspecified atom stereocenters. The predicted molar refractivity (Wildman–Crippen MR) is 144 cm³/mol. The number of ketones is 1. The number of nitrogens with zero attached hydrogens (tertiary/aromatic N) is 1. The molecule has 1 fully saturated rings. The Morgan fingerprint density at radius 3 is 2.31 bits per heavy atom. The minimum Gasteiger partial charge on any atom is -0.507 e. The average Bonchev–Trinajstić information content (AvgIpc) is 3.10. The molecule has 1 saturated heterocycles. The van der Waals surface area contributed by atoms with Gasteiger partial charge in [-0.1, -0.05) is 62.7 Å². The Morgan fingerprint density at radius 1 is 0.972 bits per heavy atom. The normalized spacial score (nSPS) is 17.5. The summed E-state index contributed by atoms with van der Waals surface area (Å²) in [5.74, 6) is -1.11. The molecule has 0 bridgehead atoms. The van der Waals surface area contributed by atoms with Crippen LogP contribution >= 0.6 is 11.6 Å². The van der Waals surface area contributed by atoms with Crippen molar-refractivity contribution >= 4 is 34.7 Å². The van der Waals surface area contributed by atoms with Crippen LogP contribution in [0.2, 0.25) is 5.02 Å². The summed E-state index contributed by atoms with van der Waals surface area (Å²) >= 11 is 6.39. The fraction of sp³-hybridized carbons (Fsp3) is 0.267. The number of Topliss-reactive ketones (excluding diaryl/α,β-unsaturated/α-hetero) is 1. The first-order chi connectivity index (χ1) is 16.9. The summed E-state index contributed by atoms with van der Waals surface area (Å²) < 4.78 is 5.41. The number of carbonyl (C=O) groups excluding carboxylic acids is 2. The van der Waals surface area contributed by atoms with E-state index in [1.807, 2.05) is 38.1 Å². The number of ether oxygens (including phenoxy) is 1. The Kier molecular flexibility index (Phi) is 6.72. The van der Waals surface area contributed by atoms with Crippen LogP contribution in [-0.4, -0.2) is 23.9 Å². The molecule has 4 rings (SSSR count). The molecule has 36 heavy (non-hydrogen) atoms. The molecular formula is C30H30ClNO4. The van der Waals surface area contributed by atoms with Gasteiger partial charge in [-0.25, -0.2) is 0 Å². The smallest absolute Gasteiger partial charge is 0.300 e. The molecule has 3 aromatic rings. The molecule has 1 N–H and O–H groups in total. The molecule has 0 aliphatic carbocycles. The van der Waals surface area contributed by atoms with Gasteiger partial charge in [-0.3, -0.25) is 14.5 Å². The number of methoxy groups -OCH3 is 1. The summed E-state index contributed by atoms with van der Waals surface area (Å²) in [6.45, 7) is 9.98. The quantitative estimate of drug-likeness (QED) is 0.239. The standard InChI is InChI=1S/C30H30ClNO4/c1-17-10-12-20(30(3,4)5)15-23(17)27(33)25-26(19-8-7-9-22(14-19)36-6)32(29(35)28(25)34)21-13-11-18(2)24(31)16-21/h7-16,26,33H,1-6H3/b27-25+. The zero-order valence-electron chi connectivity index (χ0n) is 21.3. The molecule has 1 atom stereocenters. The number of halogens is 1. The summed E-state index contributed by atoms with van der Waals surface area (Å²) in [6.07, 6.45) is 0. The van der Waals surface area contributed by atoms with Crippen LogP contribution in [0.1, 0.15) is 54.6 Å². The van der Waals surface area contributed by atoms with Gasteiger partial charge in [-0.05, 0) is 71.8 Å². The van der Waals surface area contributed by atoms with E-state index in [-0.39, 0.29) is 16.7 Å². The third-order valence-corrected chi connectivity index (χ3v) is 7.05. The SMILES string of the molecule is COc1cccc(C2/C(=C(\O)c3cc(C(C)(C)C)ccc3C)C(=O)C(=O)N2c2ccc(C)c(Cl)c2)c1. The van der Waals surface area contributed by atoms with Crippen LogP contribution in [0, 0.1) is 13.8 Å². The van der Waals surface area contributed by atoms with Crippen LogP contribution in [-0.2, 0) is 15.0 Å². The second kappa shape index (κ2) is 9.47. The molecule has 3 aromatic carbocycles. The number of anilines is 1. The summed E-state index contributed by atoms with van der Waals surface area (Å²) in [5, 5.41) is 12.1. The minimum atomic E-state index is -0.864. The Labute approximate surface area is 217 Å². The van der Waals surface area contributed by atoms with E-state index >= 15 is 0 Å². The molecule has 0 spiro atoms. The maximum atomic E-state index is 13.5. The Hall–Kier alpha value is -3.57. The molecule has 5 nitrogen and oxygen atoms in total. The fourth-order valence-corrected chi connectivity index (χ4v) is 4.62. The van der Waals surface area contributed by atoms with Crippen molar-refractivity contribution in [1.29, 1.82) is 0 Å². The van der Waals surface area contributed by atoms with Crippen molar-refractivity contribution in [3.8, 4) is 5.75 Å². The second-order valence-corrected chi connectivity index (χ2v) is 10.6. The van der Waals surface area contributed by atoms with E-state index in [4.69, 9.17) is 16.3 Å². The highest BCUT2D eigenvalue weighted by Crippen LogP contribution is 2.44. The Morgan fingerprint density at radius 2 is 1.67 bits per heavy atom. The highest BCUT2D eigenvalue weighted by Gasteiger charge is 2.47. The van der Waals surface area contributed by atoms with Gasteiger partial charge in [0.1, 0.15) is 11.5 Å². The van der Waals surface area contributed by atoms with Gasteiger partial charge < -0.3 is 9.84 Å². The zero-order chi connectivity index (χ0) is 26.4. The molecule has 1 heterocycles. The maximum Gasteiger partial charge on any atom is 0.300 e. The first kappa shape index (κ1) is 25.5. The van der Waals surface area contributed by atoms with Crippen LogP contribution in [0.5, 0.6) is 5.75 Å². The van der Waals surface area contributed by atoms with Gasteiger partial charge in [-0.2, -0.15) is 0 Å². The largest absolute Gasteiger partial charge is 0.507 e. The zero-order valence-corrected chi connectivity index (χ0v) is 22.1. The van der Waals surface area contributed by atoms with E-state index in [2.05, 4.69) is 20.8 Å². The van der Waals surface area contributed by atoms with Crippen LogP contribution < -0.4 is 9.64 Å². The molecule has 0 radical (unpaired) electrons. The third-order valence-electron chi connectivity index (χ3n) is 6.65. The minimum absolute atomic E-state index is 0.0270. The first-order valence-corrected chi connectivity index (χ1v) is 12.1. The van der Waals surface area contributed by atoms with Crippen molar-refractivity contribution < 1.29 is 19.4 Å². The highest BCUT2D eigenvalue weighted by molar-refractivity contribution is 6.51. The van der Waals surface area contributed by atoms with Gasteiger partial charge in [0.15, 0.2) is 0 Å². The summed E-state index contributed by atoms with van der Waals surface area (Å²) in [4.78, 5) is 28.4. The molecule has 186 valence electrons. The van der Waals surface area contributed by atoms with Crippen LogP contribution in [0.15, 0.2) is 66.2 Å².